The third-order valence-electron chi connectivity index (χ3n) is 3.51. The zero-order valence-corrected chi connectivity index (χ0v) is 12.4. The first-order valence-electron chi connectivity index (χ1n) is 7.41. The van der Waals surface area contributed by atoms with E-state index in [0.29, 0.717) is 5.92 Å². The van der Waals surface area contributed by atoms with E-state index in [1.165, 1.54) is 12.8 Å². The molecule has 0 aliphatic carbocycles. The van der Waals surface area contributed by atoms with E-state index >= 15 is 0 Å². The van der Waals surface area contributed by atoms with Crippen LogP contribution in [0.25, 0.3) is 0 Å². The zero-order chi connectivity index (χ0) is 13.7. The van der Waals surface area contributed by atoms with E-state index in [0.717, 1.165) is 43.6 Å². The van der Waals surface area contributed by atoms with Gasteiger partial charge in [-0.3, -0.25) is 4.98 Å². The van der Waals surface area contributed by atoms with Gasteiger partial charge in [0, 0.05) is 25.8 Å². The summed E-state index contributed by atoms with van der Waals surface area (Å²) in [4.78, 5) is 11.4. The number of piperidine rings is 1. The predicted octanol–water partition coefficient (Wildman–Crippen LogP) is 2.46. The molecule has 19 heavy (non-hydrogen) atoms. The van der Waals surface area contributed by atoms with Gasteiger partial charge in [-0.2, -0.15) is 0 Å². The van der Waals surface area contributed by atoms with Crippen molar-refractivity contribution in [2.75, 3.05) is 24.5 Å². The number of nitrogens with zero attached hydrogens (tertiary/aromatic N) is 3. The maximum atomic E-state index is 4.73. The Hall–Kier alpha value is -1.16. The van der Waals surface area contributed by atoms with Crippen LogP contribution in [0.2, 0.25) is 0 Å². The zero-order valence-electron chi connectivity index (χ0n) is 12.4. The third-order valence-corrected chi connectivity index (χ3v) is 3.51. The molecule has 1 aromatic heterocycles. The number of hydrogen-bond acceptors (Lipinski definition) is 4. The Morgan fingerprint density at radius 3 is 3.00 bits per heavy atom. The number of nitrogens with one attached hydrogen (secondary N) is 1. The molecule has 0 saturated carbocycles. The number of hydrogen-bond donors (Lipinski definition) is 1. The van der Waals surface area contributed by atoms with Crippen LogP contribution in [0, 0.1) is 11.8 Å². The Morgan fingerprint density at radius 2 is 2.26 bits per heavy atom. The summed E-state index contributed by atoms with van der Waals surface area (Å²) in [6, 6.07) is 0. The number of rotatable bonds is 5. The van der Waals surface area contributed by atoms with Crippen LogP contribution in [0.5, 0.6) is 0 Å². The van der Waals surface area contributed by atoms with E-state index in [9.17, 15) is 0 Å². The van der Waals surface area contributed by atoms with Crippen molar-refractivity contribution in [1.29, 1.82) is 0 Å². The fraction of sp³-hybridized carbons (Fsp3) is 0.733. The Bertz CT molecular complexity index is 391. The largest absolute Gasteiger partial charge is 0.355 e. The Balaban J connectivity index is 1.94. The Kier molecular flexibility index (Phi) is 5.14. The van der Waals surface area contributed by atoms with Crippen LogP contribution >= 0.6 is 0 Å². The molecule has 1 unspecified atom stereocenters. The summed E-state index contributed by atoms with van der Waals surface area (Å²) in [6.07, 6.45) is 6.35. The first-order valence-corrected chi connectivity index (χ1v) is 7.41. The molecule has 0 amide bonds. The molecule has 0 spiro atoms. The molecule has 1 saturated heterocycles. The molecule has 1 aliphatic rings. The summed E-state index contributed by atoms with van der Waals surface area (Å²) in [6.45, 7) is 10.8. The summed E-state index contributed by atoms with van der Waals surface area (Å²) in [7, 11) is 0. The van der Waals surface area contributed by atoms with Gasteiger partial charge in [-0.1, -0.05) is 20.8 Å². The molecule has 1 atom stereocenters. The fourth-order valence-corrected chi connectivity index (χ4v) is 2.52. The molecule has 1 fully saturated rings. The molecule has 2 rings (SSSR count). The third kappa shape index (κ3) is 4.46. The standard InChI is InChI=1S/C15H26N4/c1-12(2)7-16-8-14-9-17-10-15(18-14)19-6-4-5-13(3)11-19/h9-10,12-13,16H,4-8,11H2,1-3H3. The highest BCUT2D eigenvalue weighted by atomic mass is 15.2. The second-order valence-corrected chi connectivity index (χ2v) is 6.09. The van der Waals surface area contributed by atoms with Crippen molar-refractivity contribution in [2.45, 2.75) is 40.2 Å². The molecule has 0 bridgehead atoms. The van der Waals surface area contributed by atoms with E-state index in [2.05, 4.69) is 36.0 Å². The first-order chi connectivity index (χ1) is 9.15. The van der Waals surface area contributed by atoms with Crippen molar-refractivity contribution < 1.29 is 0 Å². The molecule has 1 aromatic rings. The van der Waals surface area contributed by atoms with Crippen LogP contribution in [0.15, 0.2) is 12.4 Å². The van der Waals surface area contributed by atoms with E-state index in [1.54, 1.807) is 0 Å². The Labute approximate surface area is 116 Å². The van der Waals surface area contributed by atoms with E-state index in [-0.39, 0.29) is 0 Å². The molecular weight excluding hydrogens is 236 g/mol. The smallest absolute Gasteiger partial charge is 0.147 e. The highest BCUT2D eigenvalue weighted by molar-refractivity contribution is 5.36. The minimum Gasteiger partial charge on any atom is -0.355 e. The van der Waals surface area contributed by atoms with E-state index in [1.807, 2.05) is 12.4 Å². The lowest BCUT2D eigenvalue weighted by molar-refractivity contribution is 0.443. The van der Waals surface area contributed by atoms with Crippen molar-refractivity contribution in [1.82, 2.24) is 15.3 Å². The van der Waals surface area contributed by atoms with Gasteiger partial charge in [-0.25, -0.2) is 4.98 Å². The molecule has 0 aromatic carbocycles. The van der Waals surface area contributed by atoms with Crippen molar-refractivity contribution >= 4 is 5.82 Å². The highest BCUT2D eigenvalue weighted by Gasteiger charge is 2.17. The SMILES string of the molecule is CC(C)CNCc1cncc(N2CCCC(C)C2)n1. The van der Waals surface area contributed by atoms with Crippen LogP contribution < -0.4 is 10.2 Å². The van der Waals surface area contributed by atoms with Gasteiger partial charge in [-0.05, 0) is 31.2 Å². The highest BCUT2D eigenvalue weighted by Crippen LogP contribution is 2.20. The molecule has 0 radical (unpaired) electrons. The van der Waals surface area contributed by atoms with Crippen molar-refractivity contribution in [2.24, 2.45) is 11.8 Å². The second kappa shape index (κ2) is 6.85. The van der Waals surface area contributed by atoms with E-state index in [4.69, 9.17) is 4.98 Å². The number of anilines is 1. The lowest BCUT2D eigenvalue weighted by atomic mass is 10.0. The molecule has 1 N–H and O–H groups in total. The van der Waals surface area contributed by atoms with Crippen molar-refractivity contribution in [3.05, 3.63) is 18.1 Å². The van der Waals surface area contributed by atoms with Gasteiger partial charge >= 0.3 is 0 Å². The first kappa shape index (κ1) is 14.3. The summed E-state index contributed by atoms with van der Waals surface area (Å²) in [5, 5.41) is 3.42. The van der Waals surface area contributed by atoms with Crippen LogP contribution in [0.4, 0.5) is 5.82 Å². The van der Waals surface area contributed by atoms with Crippen LogP contribution in [-0.4, -0.2) is 29.6 Å². The predicted molar refractivity (Wildman–Crippen MR) is 79.2 cm³/mol. The van der Waals surface area contributed by atoms with E-state index < -0.39 is 0 Å². The Morgan fingerprint density at radius 1 is 1.42 bits per heavy atom. The monoisotopic (exact) mass is 262 g/mol. The van der Waals surface area contributed by atoms with Gasteiger partial charge in [-0.15, -0.1) is 0 Å². The summed E-state index contributed by atoms with van der Waals surface area (Å²) in [5.41, 5.74) is 1.04. The van der Waals surface area contributed by atoms with Gasteiger partial charge in [0.1, 0.15) is 5.82 Å². The van der Waals surface area contributed by atoms with Crippen LogP contribution in [0.1, 0.15) is 39.3 Å². The molecule has 1 aliphatic heterocycles. The average molecular weight is 262 g/mol. The van der Waals surface area contributed by atoms with Crippen molar-refractivity contribution in [3.8, 4) is 0 Å². The minimum atomic E-state index is 0.666. The van der Waals surface area contributed by atoms with Crippen LogP contribution in [-0.2, 0) is 6.54 Å². The topological polar surface area (TPSA) is 41.1 Å². The quantitative estimate of drug-likeness (QED) is 0.885. The molecular formula is C15H26N4. The molecule has 4 nitrogen and oxygen atoms in total. The van der Waals surface area contributed by atoms with Gasteiger partial charge in [0.2, 0.25) is 0 Å². The maximum Gasteiger partial charge on any atom is 0.147 e. The van der Waals surface area contributed by atoms with Gasteiger partial charge < -0.3 is 10.2 Å². The van der Waals surface area contributed by atoms with Gasteiger partial charge in [0.25, 0.3) is 0 Å². The van der Waals surface area contributed by atoms with Crippen LogP contribution in [0.3, 0.4) is 0 Å². The average Bonchev–Trinajstić information content (AvgIpc) is 2.39. The number of aromatic nitrogens is 2. The minimum absolute atomic E-state index is 0.666. The normalized spacial score (nSPS) is 20.0. The maximum absolute atomic E-state index is 4.73. The summed E-state index contributed by atoms with van der Waals surface area (Å²) in [5.74, 6) is 2.47. The molecule has 106 valence electrons. The fourth-order valence-electron chi connectivity index (χ4n) is 2.52. The lowest BCUT2D eigenvalue weighted by Crippen LogP contribution is -2.35. The molecule has 4 heteroatoms. The summed E-state index contributed by atoms with van der Waals surface area (Å²) < 4.78 is 0. The van der Waals surface area contributed by atoms with Gasteiger partial charge in [0.15, 0.2) is 0 Å². The van der Waals surface area contributed by atoms with Gasteiger partial charge in [0.05, 0.1) is 11.9 Å². The second-order valence-electron chi connectivity index (χ2n) is 6.09. The lowest BCUT2D eigenvalue weighted by Gasteiger charge is -2.31. The summed E-state index contributed by atoms with van der Waals surface area (Å²) >= 11 is 0. The molecule has 2 heterocycles. The van der Waals surface area contributed by atoms with Crippen molar-refractivity contribution in [3.63, 3.8) is 0 Å².